The summed E-state index contributed by atoms with van der Waals surface area (Å²) in [6.07, 6.45) is 2.50. The number of rotatable bonds is 6. The molecular formula is C23H27FN2O4. The maximum absolute atomic E-state index is 14.1. The Morgan fingerprint density at radius 2 is 2.13 bits per heavy atom. The monoisotopic (exact) mass is 414 g/mol. The van der Waals surface area contributed by atoms with E-state index < -0.39 is 5.41 Å². The zero-order valence-corrected chi connectivity index (χ0v) is 17.4. The minimum Gasteiger partial charge on any atom is -0.466 e. The van der Waals surface area contributed by atoms with Crippen LogP contribution in [0, 0.1) is 23.1 Å². The van der Waals surface area contributed by atoms with Crippen molar-refractivity contribution in [2.24, 2.45) is 17.3 Å². The molecule has 2 aromatic rings. The minimum absolute atomic E-state index is 0.0703. The number of carbonyl (C=O) groups is 2. The zero-order chi connectivity index (χ0) is 21.3. The molecule has 4 rings (SSSR count). The van der Waals surface area contributed by atoms with Gasteiger partial charge in [0.1, 0.15) is 17.3 Å². The lowest BCUT2D eigenvalue weighted by atomic mass is 9.76. The van der Waals surface area contributed by atoms with Crippen LogP contribution in [0.15, 0.2) is 34.9 Å². The first-order chi connectivity index (χ1) is 14.4. The lowest BCUT2D eigenvalue weighted by Crippen LogP contribution is -2.52. The lowest BCUT2D eigenvalue weighted by molar-refractivity contribution is -0.161. The molecule has 1 saturated heterocycles. The molecule has 30 heavy (non-hydrogen) atoms. The smallest absolute Gasteiger partial charge is 0.314 e. The van der Waals surface area contributed by atoms with Gasteiger partial charge in [0.15, 0.2) is 0 Å². The molecule has 160 valence electrons. The number of benzene rings is 1. The van der Waals surface area contributed by atoms with Crippen LogP contribution in [0.1, 0.15) is 38.9 Å². The first-order valence-corrected chi connectivity index (χ1v) is 10.6. The topological polar surface area (TPSA) is 72.6 Å². The van der Waals surface area contributed by atoms with Gasteiger partial charge in [0, 0.05) is 37.1 Å². The normalized spacial score (nSPS) is 25.8. The van der Waals surface area contributed by atoms with Crippen molar-refractivity contribution in [3.63, 3.8) is 0 Å². The number of esters is 1. The lowest BCUT2D eigenvalue weighted by Gasteiger charge is -2.40. The first kappa shape index (κ1) is 20.6. The Labute approximate surface area is 175 Å². The van der Waals surface area contributed by atoms with E-state index in [2.05, 4.69) is 12.1 Å². The summed E-state index contributed by atoms with van der Waals surface area (Å²) in [5.74, 6) is 0.381. The van der Waals surface area contributed by atoms with Gasteiger partial charge >= 0.3 is 5.97 Å². The van der Waals surface area contributed by atoms with Crippen molar-refractivity contribution in [3.8, 4) is 11.3 Å². The number of piperidine rings is 1. The maximum Gasteiger partial charge on any atom is 0.314 e. The van der Waals surface area contributed by atoms with E-state index in [0.29, 0.717) is 42.4 Å². The van der Waals surface area contributed by atoms with Gasteiger partial charge in [-0.2, -0.15) is 0 Å². The number of aromatic nitrogens is 1. The molecule has 1 amide bonds. The number of carbonyl (C=O) groups excluding carboxylic acids is 2. The molecule has 1 aliphatic carbocycles. The molecular weight excluding hydrogens is 387 g/mol. The molecule has 1 saturated carbocycles. The average molecular weight is 414 g/mol. The van der Waals surface area contributed by atoms with Crippen LogP contribution in [0.2, 0.25) is 0 Å². The average Bonchev–Trinajstić information content (AvgIpc) is 3.29. The SMILES string of the molecule is CCOC(=O)[C@]1(Cc2cc(-c3ccccc3F)no2)CCCN(C(=O)[C@H]2C[C@H]2C)C1. The summed E-state index contributed by atoms with van der Waals surface area (Å²) in [7, 11) is 0. The summed E-state index contributed by atoms with van der Waals surface area (Å²) in [5, 5.41) is 4.00. The molecule has 0 radical (unpaired) electrons. The van der Waals surface area contributed by atoms with Crippen LogP contribution < -0.4 is 0 Å². The Balaban J connectivity index is 1.58. The number of hydrogen-bond donors (Lipinski definition) is 0. The van der Waals surface area contributed by atoms with Crippen molar-refractivity contribution in [1.82, 2.24) is 10.1 Å². The van der Waals surface area contributed by atoms with Crippen LogP contribution >= 0.6 is 0 Å². The molecule has 1 aliphatic heterocycles. The van der Waals surface area contributed by atoms with Crippen LogP contribution in [-0.4, -0.2) is 41.6 Å². The number of hydrogen-bond acceptors (Lipinski definition) is 5. The fourth-order valence-electron chi connectivity index (χ4n) is 4.41. The fraction of sp³-hybridized carbons (Fsp3) is 0.522. The molecule has 2 aliphatic rings. The Bertz CT molecular complexity index is 943. The van der Waals surface area contributed by atoms with Crippen LogP contribution in [0.4, 0.5) is 4.39 Å². The van der Waals surface area contributed by atoms with Gasteiger partial charge in [0.05, 0.1) is 12.0 Å². The molecule has 3 atom stereocenters. The van der Waals surface area contributed by atoms with Gasteiger partial charge in [-0.25, -0.2) is 4.39 Å². The number of amides is 1. The number of halogens is 1. The third-order valence-electron chi connectivity index (χ3n) is 6.25. The van der Waals surface area contributed by atoms with E-state index in [0.717, 1.165) is 12.8 Å². The largest absolute Gasteiger partial charge is 0.466 e. The van der Waals surface area contributed by atoms with Gasteiger partial charge in [-0.3, -0.25) is 9.59 Å². The van der Waals surface area contributed by atoms with Gasteiger partial charge < -0.3 is 14.2 Å². The van der Waals surface area contributed by atoms with E-state index in [4.69, 9.17) is 9.26 Å². The minimum atomic E-state index is -0.881. The second-order valence-corrected chi connectivity index (χ2v) is 8.52. The summed E-state index contributed by atoms with van der Waals surface area (Å²) >= 11 is 0. The highest BCUT2D eigenvalue weighted by Crippen LogP contribution is 2.42. The molecule has 1 aromatic heterocycles. The van der Waals surface area contributed by atoms with Crippen LogP contribution in [0.25, 0.3) is 11.3 Å². The van der Waals surface area contributed by atoms with E-state index in [-0.39, 0.29) is 36.6 Å². The molecule has 6 nitrogen and oxygen atoms in total. The second-order valence-electron chi connectivity index (χ2n) is 8.52. The van der Waals surface area contributed by atoms with Crippen molar-refractivity contribution in [2.45, 2.75) is 39.5 Å². The van der Waals surface area contributed by atoms with Gasteiger partial charge in [-0.1, -0.05) is 24.2 Å². The van der Waals surface area contributed by atoms with Crippen LogP contribution in [0.3, 0.4) is 0 Å². The van der Waals surface area contributed by atoms with Crippen molar-refractivity contribution in [3.05, 3.63) is 41.9 Å². The summed E-state index contributed by atoms with van der Waals surface area (Å²) in [6, 6.07) is 8.02. The number of ether oxygens (including phenoxy) is 1. The highest BCUT2D eigenvalue weighted by atomic mass is 19.1. The Kier molecular flexibility index (Phi) is 5.62. The van der Waals surface area contributed by atoms with Crippen LogP contribution in [-0.2, 0) is 20.7 Å². The quantitative estimate of drug-likeness (QED) is 0.672. The summed E-state index contributed by atoms with van der Waals surface area (Å²) in [6.45, 7) is 5.08. The van der Waals surface area contributed by atoms with Crippen molar-refractivity contribution in [2.75, 3.05) is 19.7 Å². The van der Waals surface area contributed by atoms with E-state index in [1.54, 1.807) is 31.2 Å². The van der Waals surface area contributed by atoms with Crippen molar-refractivity contribution in [1.29, 1.82) is 0 Å². The molecule has 2 heterocycles. The van der Waals surface area contributed by atoms with Gasteiger partial charge in [-0.05, 0) is 44.2 Å². The van der Waals surface area contributed by atoms with E-state index in [1.165, 1.54) is 6.07 Å². The highest BCUT2D eigenvalue weighted by Gasteiger charge is 2.49. The van der Waals surface area contributed by atoms with Crippen molar-refractivity contribution < 1.29 is 23.2 Å². The summed E-state index contributed by atoms with van der Waals surface area (Å²) in [4.78, 5) is 27.6. The predicted molar refractivity (Wildman–Crippen MR) is 108 cm³/mol. The number of nitrogens with zero attached hydrogens (tertiary/aromatic N) is 2. The molecule has 0 bridgehead atoms. The molecule has 1 aromatic carbocycles. The third-order valence-corrected chi connectivity index (χ3v) is 6.25. The molecule has 7 heteroatoms. The van der Waals surface area contributed by atoms with E-state index in [1.807, 2.05) is 4.90 Å². The van der Waals surface area contributed by atoms with Crippen molar-refractivity contribution >= 4 is 11.9 Å². The highest BCUT2D eigenvalue weighted by molar-refractivity contribution is 5.84. The fourth-order valence-corrected chi connectivity index (χ4v) is 4.41. The molecule has 0 spiro atoms. The Morgan fingerprint density at radius 3 is 2.83 bits per heavy atom. The number of likely N-dealkylation sites (tertiary alicyclic amines) is 1. The van der Waals surface area contributed by atoms with E-state index >= 15 is 0 Å². The zero-order valence-electron chi connectivity index (χ0n) is 17.4. The molecule has 2 fully saturated rings. The maximum atomic E-state index is 14.1. The Morgan fingerprint density at radius 1 is 1.37 bits per heavy atom. The van der Waals surface area contributed by atoms with Gasteiger partial charge in [0.2, 0.25) is 5.91 Å². The summed E-state index contributed by atoms with van der Waals surface area (Å²) in [5.41, 5.74) is -0.146. The molecule has 0 N–H and O–H groups in total. The van der Waals surface area contributed by atoms with Crippen LogP contribution in [0.5, 0.6) is 0 Å². The first-order valence-electron chi connectivity index (χ1n) is 10.6. The van der Waals surface area contributed by atoms with Gasteiger partial charge in [-0.15, -0.1) is 0 Å². The summed E-state index contributed by atoms with van der Waals surface area (Å²) < 4.78 is 25.0. The van der Waals surface area contributed by atoms with E-state index in [9.17, 15) is 14.0 Å². The Hall–Kier alpha value is -2.70. The second kappa shape index (κ2) is 8.20. The standard InChI is InChI=1S/C23H27FN2O4/c1-3-29-22(28)23(9-6-10-26(14-23)21(27)18-11-15(18)2)13-16-12-20(25-30-16)17-7-4-5-8-19(17)24/h4-5,7-8,12,15,18H,3,6,9-11,13-14H2,1-2H3/t15-,18+,23+/m1/s1. The van der Waals surface area contributed by atoms with Gasteiger partial charge in [0.25, 0.3) is 0 Å². The third kappa shape index (κ3) is 3.98. The molecule has 0 unspecified atom stereocenters. The predicted octanol–water partition coefficient (Wildman–Crippen LogP) is 3.85.